The van der Waals surface area contributed by atoms with Gasteiger partial charge in [-0.15, -0.1) is 0 Å². The van der Waals surface area contributed by atoms with Gasteiger partial charge in [-0.25, -0.2) is 0 Å². The summed E-state index contributed by atoms with van der Waals surface area (Å²) in [6.07, 6.45) is 2.91. The van der Waals surface area contributed by atoms with E-state index < -0.39 is 6.04 Å². The third kappa shape index (κ3) is 8.65. The van der Waals surface area contributed by atoms with E-state index in [1.807, 2.05) is 6.92 Å². The number of unbranched alkanes of at least 4 members (excludes halogenated alkanes) is 1. The highest BCUT2D eigenvalue weighted by atomic mass is 16.5. The van der Waals surface area contributed by atoms with E-state index in [4.69, 9.17) is 10.5 Å². The Hall–Kier alpha value is -1.13. The number of nitrogens with two attached hydrogens (primary N) is 1. The Morgan fingerprint density at radius 3 is 2.59 bits per heavy atom. The number of amides is 1. The van der Waals surface area contributed by atoms with Crippen molar-refractivity contribution in [1.82, 2.24) is 5.32 Å². The first-order chi connectivity index (χ1) is 7.95. The summed E-state index contributed by atoms with van der Waals surface area (Å²) in [5.41, 5.74) is 7.50. The van der Waals surface area contributed by atoms with E-state index in [0.29, 0.717) is 6.61 Å². The highest BCUT2D eigenvalue weighted by Crippen LogP contribution is 2.12. The molecule has 4 heteroatoms. The van der Waals surface area contributed by atoms with Gasteiger partial charge in [0.05, 0.1) is 6.04 Å². The lowest BCUT2D eigenvalue weighted by Gasteiger charge is -2.08. The fraction of sp³-hybridized carbons (Fsp3) is 0.615. The Morgan fingerprint density at radius 2 is 2.06 bits per heavy atom. The minimum absolute atomic E-state index is 0.194. The minimum atomic E-state index is -0.488. The van der Waals surface area contributed by atoms with Gasteiger partial charge in [0.1, 0.15) is 6.73 Å². The molecule has 0 heterocycles. The summed E-state index contributed by atoms with van der Waals surface area (Å²) in [5.74, 6) is -0.194. The first kappa shape index (κ1) is 15.9. The van der Waals surface area contributed by atoms with Crippen LogP contribution in [0.15, 0.2) is 24.3 Å². The third-order valence-electron chi connectivity index (χ3n) is 2.38. The zero-order valence-electron chi connectivity index (χ0n) is 10.9. The van der Waals surface area contributed by atoms with Crippen LogP contribution in [0, 0.1) is 0 Å². The van der Waals surface area contributed by atoms with Crippen molar-refractivity contribution in [2.45, 2.75) is 39.2 Å². The molecule has 0 aliphatic rings. The zero-order valence-corrected chi connectivity index (χ0v) is 10.9. The number of nitrogens with one attached hydrogen (secondary N) is 1. The van der Waals surface area contributed by atoms with Crippen molar-refractivity contribution in [1.29, 1.82) is 0 Å². The van der Waals surface area contributed by atoms with Crippen molar-refractivity contribution in [3.63, 3.8) is 0 Å². The van der Waals surface area contributed by atoms with E-state index >= 15 is 0 Å². The van der Waals surface area contributed by atoms with Crippen molar-refractivity contribution in [3.05, 3.63) is 24.3 Å². The van der Waals surface area contributed by atoms with E-state index in [9.17, 15) is 4.79 Å². The summed E-state index contributed by atoms with van der Waals surface area (Å²) in [6.45, 7) is 12.2. The lowest BCUT2D eigenvalue weighted by Crippen LogP contribution is -2.39. The number of allylic oxidation sites excluding steroid dienone is 2. The van der Waals surface area contributed by atoms with Gasteiger partial charge < -0.3 is 15.8 Å². The summed E-state index contributed by atoms with van der Waals surface area (Å²) in [6, 6.07) is -0.488. The molecule has 0 aromatic carbocycles. The molecule has 98 valence electrons. The maximum absolute atomic E-state index is 11.1. The third-order valence-corrected chi connectivity index (χ3v) is 2.38. The molecule has 0 unspecified atom stereocenters. The summed E-state index contributed by atoms with van der Waals surface area (Å²) >= 11 is 0. The lowest BCUT2D eigenvalue weighted by molar-refractivity contribution is -0.123. The van der Waals surface area contributed by atoms with Crippen LogP contribution in [0.3, 0.4) is 0 Å². The Morgan fingerprint density at radius 1 is 1.41 bits per heavy atom. The Bertz CT molecular complexity index is 273. The molecule has 0 bridgehead atoms. The Labute approximate surface area is 104 Å². The Kier molecular flexibility index (Phi) is 8.36. The molecule has 0 spiro atoms. The molecule has 0 fully saturated rings. The second kappa shape index (κ2) is 8.96. The maximum Gasteiger partial charge on any atom is 0.238 e. The van der Waals surface area contributed by atoms with Crippen LogP contribution < -0.4 is 11.1 Å². The highest BCUT2D eigenvalue weighted by Gasteiger charge is 2.04. The molecule has 0 aromatic heterocycles. The van der Waals surface area contributed by atoms with Crippen molar-refractivity contribution in [2.75, 3.05) is 13.3 Å². The van der Waals surface area contributed by atoms with Gasteiger partial charge in [0.25, 0.3) is 0 Å². The summed E-state index contributed by atoms with van der Waals surface area (Å²) < 4.78 is 5.26. The van der Waals surface area contributed by atoms with E-state index in [0.717, 1.165) is 30.4 Å². The number of rotatable bonds is 9. The monoisotopic (exact) mass is 240 g/mol. The van der Waals surface area contributed by atoms with Crippen LogP contribution >= 0.6 is 0 Å². The molecule has 0 saturated heterocycles. The molecule has 4 nitrogen and oxygen atoms in total. The highest BCUT2D eigenvalue weighted by molar-refractivity contribution is 5.80. The second-order valence-corrected chi connectivity index (χ2v) is 4.22. The molecule has 0 aromatic rings. The number of hydrogen-bond acceptors (Lipinski definition) is 3. The van der Waals surface area contributed by atoms with Crippen LogP contribution in [-0.4, -0.2) is 25.3 Å². The number of carbonyl (C=O) groups is 1. The quantitative estimate of drug-likeness (QED) is 0.366. The van der Waals surface area contributed by atoms with E-state index in [-0.39, 0.29) is 12.6 Å². The number of hydrogen-bond donors (Lipinski definition) is 2. The molecule has 0 rings (SSSR count). The second-order valence-electron chi connectivity index (χ2n) is 4.22. The van der Waals surface area contributed by atoms with E-state index in [1.54, 1.807) is 6.92 Å². The number of ether oxygens (including phenoxy) is 1. The van der Waals surface area contributed by atoms with Crippen molar-refractivity contribution in [2.24, 2.45) is 5.73 Å². The predicted octanol–water partition coefficient (Wildman–Crippen LogP) is 1.73. The lowest BCUT2D eigenvalue weighted by atomic mass is 10.1. The molecule has 17 heavy (non-hydrogen) atoms. The average Bonchev–Trinajstić information content (AvgIpc) is 2.26. The average molecular weight is 240 g/mol. The molecule has 1 atom stereocenters. The summed E-state index contributed by atoms with van der Waals surface area (Å²) in [7, 11) is 0. The van der Waals surface area contributed by atoms with Crippen LogP contribution in [-0.2, 0) is 9.53 Å². The molecule has 3 N–H and O–H groups in total. The molecular formula is C13H24N2O2. The summed E-state index contributed by atoms with van der Waals surface area (Å²) in [5, 5.41) is 2.58. The molecule has 0 saturated carbocycles. The van der Waals surface area contributed by atoms with Crippen LogP contribution in [0.25, 0.3) is 0 Å². The zero-order chi connectivity index (χ0) is 13.3. The molecule has 0 aliphatic heterocycles. The van der Waals surface area contributed by atoms with Crippen molar-refractivity contribution >= 4 is 5.91 Å². The maximum atomic E-state index is 11.1. The first-order valence-corrected chi connectivity index (χ1v) is 5.90. The SMILES string of the molecule is C=C(C)C(=C)CCCCOCNC(=O)[C@H](C)N. The first-order valence-electron chi connectivity index (χ1n) is 5.90. The van der Waals surface area contributed by atoms with E-state index in [2.05, 4.69) is 18.5 Å². The fourth-order valence-electron chi connectivity index (χ4n) is 1.11. The normalized spacial score (nSPS) is 11.9. The van der Waals surface area contributed by atoms with Crippen molar-refractivity contribution in [3.8, 4) is 0 Å². The standard InChI is InChI=1S/C13H24N2O2/c1-10(2)11(3)7-5-6-8-17-9-15-13(16)12(4)14/h12H,1,3,5-9,14H2,2,4H3,(H,15,16)/t12-/m0/s1. The number of carbonyl (C=O) groups excluding carboxylic acids is 1. The van der Waals surface area contributed by atoms with Crippen LogP contribution in [0.1, 0.15) is 33.1 Å². The minimum Gasteiger partial charge on any atom is -0.361 e. The van der Waals surface area contributed by atoms with E-state index in [1.165, 1.54) is 0 Å². The van der Waals surface area contributed by atoms with Crippen LogP contribution in [0.4, 0.5) is 0 Å². The smallest absolute Gasteiger partial charge is 0.238 e. The van der Waals surface area contributed by atoms with Gasteiger partial charge in [-0.05, 0) is 33.1 Å². The fourth-order valence-corrected chi connectivity index (χ4v) is 1.11. The molecular weight excluding hydrogens is 216 g/mol. The largest absolute Gasteiger partial charge is 0.361 e. The topological polar surface area (TPSA) is 64.3 Å². The van der Waals surface area contributed by atoms with Gasteiger partial charge in [0.15, 0.2) is 0 Å². The van der Waals surface area contributed by atoms with Gasteiger partial charge in [0.2, 0.25) is 5.91 Å². The Balaban J connectivity index is 3.33. The van der Waals surface area contributed by atoms with Crippen LogP contribution in [0.2, 0.25) is 0 Å². The van der Waals surface area contributed by atoms with Crippen LogP contribution in [0.5, 0.6) is 0 Å². The summed E-state index contributed by atoms with van der Waals surface area (Å²) in [4.78, 5) is 11.1. The molecule has 1 amide bonds. The van der Waals surface area contributed by atoms with Gasteiger partial charge in [-0.3, -0.25) is 4.79 Å². The van der Waals surface area contributed by atoms with Gasteiger partial charge in [-0.1, -0.05) is 24.3 Å². The van der Waals surface area contributed by atoms with Gasteiger partial charge >= 0.3 is 0 Å². The molecule has 0 radical (unpaired) electrons. The molecule has 0 aliphatic carbocycles. The van der Waals surface area contributed by atoms with Gasteiger partial charge in [0, 0.05) is 6.61 Å². The predicted molar refractivity (Wildman–Crippen MR) is 70.4 cm³/mol. The van der Waals surface area contributed by atoms with Crippen molar-refractivity contribution < 1.29 is 9.53 Å². The van der Waals surface area contributed by atoms with Gasteiger partial charge in [-0.2, -0.15) is 0 Å².